The van der Waals surface area contributed by atoms with Crippen molar-refractivity contribution in [1.29, 1.82) is 0 Å². The van der Waals surface area contributed by atoms with Gasteiger partial charge in [-0.25, -0.2) is 0 Å². The minimum atomic E-state index is -1.13. The number of carbonyl (C=O) groups is 2. The third kappa shape index (κ3) is 5.32. The molecule has 19 heavy (non-hydrogen) atoms. The molecule has 6 heteroatoms. The van der Waals surface area contributed by atoms with Crippen molar-refractivity contribution in [2.24, 2.45) is 0 Å². The van der Waals surface area contributed by atoms with Gasteiger partial charge in [0.15, 0.2) is 6.61 Å². The molecule has 1 amide bonds. The van der Waals surface area contributed by atoms with Crippen LogP contribution in [-0.4, -0.2) is 41.6 Å². The molecular formula is C13H12ClNO4. The van der Waals surface area contributed by atoms with E-state index >= 15 is 0 Å². The second-order valence-corrected chi connectivity index (χ2v) is 4.03. The lowest BCUT2D eigenvalue weighted by molar-refractivity contribution is -0.144. The van der Waals surface area contributed by atoms with Gasteiger partial charge in [0.25, 0.3) is 5.91 Å². The number of nitrogens with zero attached hydrogens (tertiary/aromatic N) is 1. The molecule has 1 N–H and O–H groups in total. The number of amides is 1. The first-order valence-electron chi connectivity index (χ1n) is 5.34. The van der Waals surface area contributed by atoms with Gasteiger partial charge < -0.3 is 14.7 Å². The van der Waals surface area contributed by atoms with Crippen molar-refractivity contribution in [3.63, 3.8) is 0 Å². The Bertz CT molecular complexity index is 510. The van der Waals surface area contributed by atoms with Crippen LogP contribution in [0, 0.1) is 12.3 Å². The van der Waals surface area contributed by atoms with Crippen molar-refractivity contribution in [2.45, 2.75) is 0 Å². The lowest BCUT2D eigenvalue weighted by Gasteiger charge is -2.18. The van der Waals surface area contributed by atoms with Crippen molar-refractivity contribution in [3.05, 3.63) is 29.3 Å². The highest BCUT2D eigenvalue weighted by Crippen LogP contribution is 2.16. The quantitative estimate of drug-likeness (QED) is 0.797. The smallest absolute Gasteiger partial charge is 0.323 e. The van der Waals surface area contributed by atoms with Crippen LogP contribution in [-0.2, 0) is 9.59 Å². The average Bonchev–Trinajstić information content (AvgIpc) is 2.35. The molecule has 1 aromatic carbocycles. The van der Waals surface area contributed by atoms with E-state index in [4.69, 9.17) is 27.9 Å². The Morgan fingerprint density at radius 1 is 1.47 bits per heavy atom. The number of aliphatic carboxylic acids is 1. The fraction of sp³-hybridized carbons (Fsp3) is 0.231. The Balaban J connectivity index is 2.57. The molecule has 0 atom stereocenters. The van der Waals surface area contributed by atoms with Crippen molar-refractivity contribution in [2.75, 3.05) is 19.7 Å². The fourth-order valence-electron chi connectivity index (χ4n) is 1.30. The lowest BCUT2D eigenvalue weighted by Crippen LogP contribution is -2.38. The van der Waals surface area contributed by atoms with Crippen LogP contribution in [0.25, 0.3) is 0 Å². The molecule has 1 aromatic rings. The van der Waals surface area contributed by atoms with E-state index in [2.05, 4.69) is 5.92 Å². The number of halogens is 1. The molecule has 100 valence electrons. The maximum absolute atomic E-state index is 11.7. The predicted octanol–water partition coefficient (Wildman–Crippen LogP) is 1.27. The highest BCUT2D eigenvalue weighted by atomic mass is 35.5. The number of hydrogen-bond acceptors (Lipinski definition) is 3. The first-order valence-corrected chi connectivity index (χ1v) is 5.72. The number of carbonyl (C=O) groups excluding carboxylic acids is 1. The monoisotopic (exact) mass is 281 g/mol. The number of terminal acetylenes is 1. The SMILES string of the molecule is C#CCN(CC(=O)O)C(=O)COc1cccc(Cl)c1. The molecule has 0 spiro atoms. The van der Waals surface area contributed by atoms with Crippen LogP contribution in [0.2, 0.25) is 5.02 Å². The van der Waals surface area contributed by atoms with E-state index in [9.17, 15) is 9.59 Å². The molecule has 0 aliphatic rings. The first-order chi connectivity index (χ1) is 9.02. The van der Waals surface area contributed by atoms with Crippen molar-refractivity contribution < 1.29 is 19.4 Å². The minimum Gasteiger partial charge on any atom is -0.484 e. The molecule has 0 saturated heterocycles. The van der Waals surface area contributed by atoms with E-state index in [1.54, 1.807) is 24.3 Å². The van der Waals surface area contributed by atoms with Crippen LogP contribution < -0.4 is 4.74 Å². The van der Waals surface area contributed by atoms with Crippen LogP contribution in [0.4, 0.5) is 0 Å². The summed E-state index contributed by atoms with van der Waals surface area (Å²) >= 11 is 5.76. The zero-order valence-electron chi connectivity index (χ0n) is 10.0. The second-order valence-electron chi connectivity index (χ2n) is 3.59. The molecule has 0 aliphatic heterocycles. The summed E-state index contributed by atoms with van der Waals surface area (Å²) in [5.41, 5.74) is 0. The van der Waals surface area contributed by atoms with Gasteiger partial charge in [0, 0.05) is 5.02 Å². The van der Waals surface area contributed by atoms with Gasteiger partial charge in [-0.05, 0) is 18.2 Å². The largest absolute Gasteiger partial charge is 0.484 e. The molecule has 1 rings (SSSR count). The molecule has 0 heterocycles. The fourth-order valence-corrected chi connectivity index (χ4v) is 1.48. The number of carboxylic acid groups (broad SMARTS) is 1. The van der Waals surface area contributed by atoms with Gasteiger partial charge in [-0.2, -0.15) is 0 Å². The van der Waals surface area contributed by atoms with E-state index in [1.807, 2.05) is 0 Å². The topological polar surface area (TPSA) is 66.8 Å². The van der Waals surface area contributed by atoms with Crippen molar-refractivity contribution in [1.82, 2.24) is 4.90 Å². The molecule has 0 aliphatic carbocycles. The van der Waals surface area contributed by atoms with Crippen molar-refractivity contribution >= 4 is 23.5 Å². The standard InChI is InChI=1S/C13H12ClNO4/c1-2-6-15(8-13(17)18)12(16)9-19-11-5-3-4-10(14)7-11/h1,3-5,7H,6,8-9H2,(H,17,18). The molecule has 0 aromatic heterocycles. The van der Waals surface area contributed by atoms with E-state index in [-0.39, 0.29) is 13.2 Å². The van der Waals surface area contributed by atoms with Crippen molar-refractivity contribution in [3.8, 4) is 18.1 Å². The molecule has 0 bridgehead atoms. The Morgan fingerprint density at radius 3 is 2.79 bits per heavy atom. The van der Waals surface area contributed by atoms with Crippen LogP contribution in [0.5, 0.6) is 5.75 Å². The Hall–Kier alpha value is -2.19. The Labute approximate surface area is 115 Å². The van der Waals surface area contributed by atoms with Gasteiger partial charge in [0.05, 0.1) is 6.54 Å². The number of carboxylic acids is 1. The molecule has 0 saturated carbocycles. The summed E-state index contributed by atoms with van der Waals surface area (Å²) < 4.78 is 5.22. The molecule has 5 nitrogen and oxygen atoms in total. The van der Waals surface area contributed by atoms with Gasteiger partial charge in [-0.15, -0.1) is 6.42 Å². The van der Waals surface area contributed by atoms with Crippen LogP contribution in [0.1, 0.15) is 0 Å². The summed E-state index contributed by atoms with van der Waals surface area (Å²) in [6, 6.07) is 6.54. The maximum Gasteiger partial charge on any atom is 0.323 e. The Morgan fingerprint density at radius 2 is 2.21 bits per heavy atom. The van der Waals surface area contributed by atoms with Crippen LogP contribution >= 0.6 is 11.6 Å². The highest BCUT2D eigenvalue weighted by Gasteiger charge is 2.16. The van der Waals surface area contributed by atoms with E-state index in [0.29, 0.717) is 10.8 Å². The summed E-state index contributed by atoms with van der Waals surface area (Å²) in [4.78, 5) is 23.3. The maximum atomic E-state index is 11.7. The van der Waals surface area contributed by atoms with Gasteiger partial charge in [-0.1, -0.05) is 23.6 Å². The second kappa shape index (κ2) is 7.29. The van der Waals surface area contributed by atoms with Gasteiger partial charge in [0.1, 0.15) is 12.3 Å². The highest BCUT2D eigenvalue weighted by molar-refractivity contribution is 6.30. The molecule has 0 fully saturated rings. The lowest BCUT2D eigenvalue weighted by atomic mass is 10.3. The van der Waals surface area contributed by atoms with Gasteiger partial charge in [0.2, 0.25) is 0 Å². The van der Waals surface area contributed by atoms with Crippen LogP contribution in [0.3, 0.4) is 0 Å². The summed E-state index contributed by atoms with van der Waals surface area (Å²) in [7, 11) is 0. The number of ether oxygens (including phenoxy) is 1. The number of benzene rings is 1. The summed E-state index contributed by atoms with van der Waals surface area (Å²) in [6.45, 7) is -0.832. The third-order valence-electron chi connectivity index (χ3n) is 2.12. The average molecular weight is 282 g/mol. The zero-order valence-corrected chi connectivity index (χ0v) is 10.8. The van der Waals surface area contributed by atoms with E-state index < -0.39 is 18.4 Å². The summed E-state index contributed by atoms with van der Waals surface area (Å²) in [6.07, 6.45) is 5.07. The zero-order chi connectivity index (χ0) is 14.3. The Kier molecular flexibility index (Phi) is 5.71. The minimum absolute atomic E-state index is 0.0793. The number of rotatable bonds is 6. The third-order valence-corrected chi connectivity index (χ3v) is 2.35. The number of hydrogen-bond donors (Lipinski definition) is 1. The van der Waals surface area contributed by atoms with Crippen LogP contribution in [0.15, 0.2) is 24.3 Å². The van der Waals surface area contributed by atoms with E-state index in [1.165, 1.54) is 0 Å². The predicted molar refractivity (Wildman–Crippen MR) is 70.0 cm³/mol. The van der Waals surface area contributed by atoms with Gasteiger partial charge in [-0.3, -0.25) is 9.59 Å². The molecule has 0 unspecified atom stereocenters. The first kappa shape index (κ1) is 14.9. The normalized spacial score (nSPS) is 9.47. The molecule has 0 radical (unpaired) electrons. The summed E-state index contributed by atoms with van der Waals surface area (Å²) in [5, 5.41) is 9.14. The summed E-state index contributed by atoms with van der Waals surface area (Å²) in [5.74, 6) is 1.02. The van der Waals surface area contributed by atoms with E-state index in [0.717, 1.165) is 4.90 Å². The molecular weight excluding hydrogens is 270 g/mol. The van der Waals surface area contributed by atoms with Gasteiger partial charge >= 0.3 is 5.97 Å².